The zero-order valence-corrected chi connectivity index (χ0v) is 19.6. The van der Waals surface area contributed by atoms with Gasteiger partial charge in [0.2, 0.25) is 11.8 Å². The van der Waals surface area contributed by atoms with E-state index in [1.165, 1.54) is 0 Å². The number of nitrogens with zero attached hydrogens (tertiary/aromatic N) is 1. The van der Waals surface area contributed by atoms with Crippen LogP contribution in [0.2, 0.25) is 0 Å². The minimum atomic E-state index is -0.319. The molecule has 0 aromatic heterocycles. The Kier molecular flexibility index (Phi) is 7.47. The molecule has 2 aromatic rings. The molecule has 1 fully saturated rings. The van der Waals surface area contributed by atoms with E-state index >= 15 is 0 Å². The van der Waals surface area contributed by atoms with Gasteiger partial charge in [0.05, 0.1) is 30.6 Å². The molecule has 2 aromatic carbocycles. The Morgan fingerprint density at radius 3 is 2.65 bits per heavy atom. The smallest absolute Gasteiger partial charge is 0.257 e. The molecule has 0 aliphatic carbocycles. The number of carbonyl (C=O) groups excluding carboxylic acids is 3. The highest BCUT2D eigenvalue weighted by atomic mass is 16.5. The lowest BCUT2D eigenvalue weighted by Gasteiger charge is -2.42. The molecule has 4 rings (SSSR count). The maximum Gasteiger partial charge on any atom is 0.257 e. The lowest BCUT2D eigenvalue weighted by molar-refractivity contribution is -0.134. The Hall–Kier alpha value is -3.39. The number of likely N-dealkylation sites (N-methyl/N-ethyl adjacent to an activating group) is 1. The van der Waals surface area contributed by atoms with Gasteiger partial charge in [0, 0.05) is 19.3 Å². The molecule has 0 radical (unpaired) electrons. The SMILES string of the molecule is CCNC(=O)C[C@@H]1CC[C@H]2[C@H](COc3ccc(NC(=O)Cc4ccccc4)cc3C(=O)N2C)O1. The van der Waals surface area contributed by atoms with E-state index in [4.69, 9.17) is 9.47 Å². The Morgan fingerprint density at radius 1 is 1.09 bits per heavy atom. The number of benzene rings is 2. The largest absolute Gasteiger partial charge is 0.490 e. The van der Waals surface area contributed by atoms with Gasteiger partial charge in [0.1, 0.15) is 18.5 Å². The standard InChI is InChI=1S/C26H31N3O5/c1-3-27-24(30)15-19-10-11-21-23(34-19)16-33-22-12-9-18(14-20(22)26(32)29(21)2)28-25(31)13-17-7-5-4-6-8-17/h4-9,12,14,19,21,23H,3,10-11,13,15-16H2,1-2H3,(H,27,30)(H,28,31)/t19-,21-,23-/m0/s1. The van der Waals surface area contributed by atoms with E-state index in [9.17, 15) is 14.4 Å². The van der Waals surface area contributed by atoms with Crippen molar-refractivity contribution in [3.8, 4) is 5.75 Å². The van der Waals surface area contributed by atoms with Gasteiger partial charge in [0.25, 0.3) is 5.91 Å². The Morgan fingerprint density at radius 2 is 1.88 bits per heavy atom. The number of fused-ring (bicyclic) bond motifs is 2. The van der Waals surface area contributed by atoms with E-state index in [2.05, 4.69) is 10.6 Å². The van der Waals surface area contributed by atoms with Crippen molar-refractivity contribution in [3.63, 3.8) is 0 Å². The minimum Gasteiger partial charge on any atom is -0.490 e. The van der Waals surface area contributed by atoms with Crippen LogP contribution < -0.4 is 15.4 Å². The van der Waals surface area contributed by atoms with Gasteiger partial charge in [-0.15, -0.1) is 0 Å². The fourth-order valence-electron chi connectivity index (χ4n) is 4.57. The van der Waals surface area contributed by atoms with Gasteiger partial charge < -0.3 is 25.0 Å². The van der Waals surface area contributed by atoms with E-state index in [1.54, 1.807) is 30.1 Å². The van der Waals surface area contributed by atoms with Gasteiger partial charge in [-0.05, 0) is 43.5 Å². The quantitative estimate of drug-likeness (QED) is 0.684. The molecule has 2 N–H and O–H groups in total. The summed E-state index contributed by atoms with van der Waals surface area (Å²) in [6.07, 6.45) is 1.46. The first kappa shape index (κ1) is 23.8. The van der Waals surface area contributed by atoms with Crippen molar-refractivity contribution in [2.24, 2.45) is 0 Å². The first-order chi connectivity index (χ1) is 16.4. The number of amides is 3. The normalized spacial score (nSPS) is 21.9. The summed E-state index contributed by atoms with van der Waals surface area (Å²) in [4.78, 5) is 39.5. The summed E-state index contributed by atoms with van der Waals surface area (Å²) < 4.78 is 12.2. The van der Waals surface area contributed by atoms with Gasteiger partial charge >= 0.3 is 0 Å². The zero-order valence-electron chi connectivity index (χ0n) is 19.6. The Labute approximate surface area is 199 Å². The van der Waals surface area contributed by atoms with Crippen LogP contribution in [0.5, 0.6) is 5.75 Å². The number of ether oxygens (including phenoxy) is 2. The molecule has 0 unspecified atom stereocenters. The van der Waals surface area contributed by atoms with Gasteiger partial charge in [0.15, 0.2) is 0 Å². The Bertz CT molecular complexity index is 1040. The summed E-state index contributed by atoms with van der Waals surface area (Å²) in [5.74, 6) is 0.0763. The van der Waals surface area contributed by atoms with Crippen molar-refractivity contribution >= 4 is 23.4 Å². The van der Waals surface area contributed by atoms with Gasteiger partial charge in [-0.1, -0.05) is 30.3 Å². The molecule has 2 aliphatic rings. The van der Waals surface area contributed by atoms with Crippen molar-refractivity contribution in [2.45, 2.75) is 50.9 Å². The average molecular weight is 466 g/mol. The highest BCUT2D eigenvalue weighted by Gasteiger charge is 2.39. The molecule has 0 saturated carbocycles. The van der Waals surface area contributed by atoms with Crippen LogP contribution in [0.25, 0.3) is 0 Å². The third-order valence-corrected chi connectivity index (χ3v) is 6.29. The topological polar surface area (TPSA) is 97.0 Å². The number of hydrogen-bond acceptors (Lipinski definition) is 5. The van der Waals surface area contributed by atoms with Crippen molar-refractivity contribution in [1.29, 1.82) is 0 Å². The summed E-state index contributed by atoms with van der Waals surface area (Å²) in [5, 5.41) is 5.68. The van der Waals surface area contributed by atoms with Crippen molar-refractivity contribution in [3.05, 3.63) is 59.7 Å². The monoisotopic (exact) mass is 465 g/mol. The minimum absolute atomic E-state index is 0.0330. The van der Waals surface area contributed by atoms with E-state index in [0.29, 0.717) is 36.4 Å². The Balaban J connectivity index is 1.45. The molecule has 180 valence electrons. The van der Waals surface area contributed by atoms with Crippen LogP contribution in [0, 0.1) is 0 Å². The number of hydrogen-bond donors (Lipinski definition) is 2. The highest BCUT2D eigenvalue weighted by Crippen LogP contribution is 2.32. The third kappa shape index (κ3) is 5.56. The fraction of sp³-hybridized carbons (Fsp3) is 0.423. The van der Waals surface area contributed by atoms with Gasteiger partial charge in [-0.25, -0.2) is 0 Å². The summed E-state index contributed by atoms with van der Waals surface area (Å²) in [5.41, 5.74) is 1.87. The second kappa shape index (κ2) is 10.7. The lowest BCUT2D eigenvalue weighted by atomic mass is 9.94. The lowest BCUT2D eigenvalue weighted by Crippen LogP contribution is -2.54. The molecule has 0 spiro atoms. The first-order valence-corrected chi connectivity index (χ1v) is 11.7. The predicted molar refractivity (Wildman–Crippen MR) is 128 cm³/mol. The number of rotatable bonds is 6. The van der Waals surface area contributed by atoms with Crippen LogP contribution in [0.15, 0.2) is 48.5 Å². The maximum atomic E-state index is 13.3. The molecule has 2 aliphatic heterocycles. The van der Waals surface area contributed by atoms with Gasteiger partial charge in [-0.3, -0.25) is 14.4 Å². The number of nitrogens with one attached hydrogen (secondary N) is 2. The predicted octanol–water partition coefficient (Wildman–Crippen LogP) is 2.77. The zero-order chi connectivity index (χ0) is 24.1. The molecule has 3 atom stereocenters. The summed E-state index contributed by atoms with van der Waals surface area (Å²) in [6, 6.07) is 14.4. The molecule has 2 heterocycles. The molecule has 3 amide bonds. The van der Waals surface area contributed by atoms with Crippen LogP contribution >= 0.6 is 0 Å². The molecule has 1 saturated heterocycles. The van der Waals surface area contributed by atoms with Crippen LogP contribution in [0.1, 0.15) is 42.1 Å². The van der Waals surface area contributed by atoms with Crippen LogP contribution in [0.4, 0.5) is 5.69 Å². The van der Waals surface area contributed by atoms with Gasteiger partial charge in [-0.2, -0.15) is 0 Å². The van der Waals surface area contributed by atoms with E-state index < -0.39 is 0 Å². The maximum absolute atomic E-state index is 13.3. The number of anilines is 1. The second-order valence-electron chi connectivity index (χ2n) is 8.75. The summed E-state index contributed by atoms with van der Waals surface area (Å²) in [7, 11) is 1.77. The summed E-state index contributed by atoms with van der Waals surface area (Å²) >= 11 is 0. The van der Waals surface area contributed by atoms with Crippen molar-refractivity contribution in [1.82, 2.24) is 10.2 Å². The molecule has 8 heteroatoms. The summed E-state index contributed by atoms with van der Waals surface area (Å²) in [6.45, 7) is 2.75. The van der Waals surface area contributed by atoms with Crippen molar-refractivity contribution < 1.29 is 23.9 Å². The van der Waals surface area contributed by atoms with E-state index in [0.717, 1.165) is 12.0 Å². The van der Waals surface area contributed by atoms with Crippen LogP contribution in [0.3, 0.4) is 0 Å². The first-order valence-electron chi connectivity index (χ1n) is 11.7. The fourth-order valence-corrected chi connectivity index (χ4v) is 4.57. The molecular weight excluding hydrogens is 434 g/mol. The van der Waals surface area contributed by atoms with Crippen molar-refractivity contribution in [2.75, 3.05) is 25.5 Å². The second-order valence-corrected chi connectivity index (χ2v) is 8.75. The molecule has 34 heavy (non-hydrogen) atoms. The van der Waals surface area contributed by atoms with E-state index in [-0.39, 0.29) is 49.0 Å². The van der Waals surface area contributed by atoms with Crippen LogP contribution in [-0.2, 0) is 20.7 Å². The molecule has 8 nitrogen and oxygen atoms in total. The third-order valence-electron chi connectivity index (χ3n) is 6.29. The highest BCUT2D eigenvalue weighted by molar-refractivity contribution is 6.00. The molecule has 0 bridgehead atoms. The number of carbonyl (C=O) groups is 3. The van der Waals surface area contributed by atoms with Crippen LogP contribution in [-0.4, -0.2) is 61.1 Å². The molecular formula is C26H31N3O5. The average Bonchev–Trinajstić information content (AvgIpc) is 2.82. The van der Waals surface area contributed by atoms with E-state index in [1.807, 2.05) is 37.3 Å².